The molecule has 0 amide bonds. The van der Waals surface area contributed by atoms with Crippen LogP contribution < -0.4 is 0 Å². The minimum atomic E-state index is -0.583. The second kappa shape index (κ2) is 11.9. The molecule has 1 aromatic carbocycles. The second-order valence-electron chi connectivity index (χ2n) is 10.4. The van der Waals surface area contributed by atoms with Gasteiger partial charge in [-0.1, -0.05) is 18.2 Å². The number of halogens is 1. The number of aromatic nitrogens is 5. The first kappa shape index (κ1) is 27.8. The number of methoxy groups -OCH3 is 1. The third-order valence-corrected chi connectivity index (χ3v) is 7.48. The van der Waals surface area contributed by atoms with Gasteiger partial charge in [0, 0.05) is 63.8 Å². The van der Waals surface area contributed by atoms with Gasteiger partial charge in [0.15, 0.2) is 5.89 Å². The van der Waals surface area contributed by atoms with Gasteiger partial charge in [0.2, 0.25) is 11.7 Å². The number of pyridine rings is 2. The number of hydrogen-bond donors (Lipinski definition) is 0. The van der Waals surface area contributed by atoms with Gasteiger partial charge in [0.25, 0.3) is 0 Å². The first-order valence-corrected chi connectivity index (χ1v) is 13.8. The number of nitrogens with zero attached hydrogens (tertiary/aromatic N) is 6. The van der Waals surface area contributed by atoms with E-state index in [0.29, 0.717) is 42.4 Å². The number of para-hydroxylation sites is 1. The third-order valence-electron chi connectivity index (χ3n) is 7.48. The minimum Gasteiger partial charge on any atom is -0.423 e. The van der Waals surface area contributed by atoms with E-state index < -0.39 is 12.1 Å². The van der Waals surface area contributed by atoms with Gasteiger partial charge >= 0.3 is 0 Å². The first-order valence-electron chi connectivity index (χ1n) is 13.8. The number of carbonyl (C=O) groups excluding carboxylic acids is 1. The summed E-state index contributed by atoms with van der Waals surface area (Å²) in [5.41, 5.74) is 5.79. The van der Waals surface area contributed by atoms with E-state index in [0.717, 1.165) is 28.2 Å². The van der Waals surface area contributed by atoms with Crippen molar-refractivity contribution in [1.82, 2.24) is 29.8 Å². The van der Waals surface area contributed by atoms with E-state index in [9.17, 15) is 9.18 Å². The van der Waals surface area contributed by atoms with Crippen LogP contribution in [0.25, 0.3) is 28.2 Å². The molecule has 0 radical (unpaired) electrons. The van der Waals surface area contributed by atoms with Crippen molar-refractivity contribution in [3.8, 4) is 16.9 Å². The SMILES string of the molecule is COCCN1C[C@@H](CC(=O)Cc2c(C)c(-c3cnc4oc(C)nc4c3)nn2-c2ccccc2)[C@H](c2ccnc(F)c2)O1. The van der Waals surface area contributed by atoms with Crippen LogP contribution in [-0.2, 0) is 20.8 Å². The van der Waals surface area contributed by atoms with Crippen molar-refractivity contribution in [2.24, 2.45) is 5.92 Å². The molecule has 1 fully saturated rings. The second-order valence-corrected chi connectivity index (χ2v) is 10.4. The van der Waals surface area contributed by atoms with Crippen molar-refractivity contribution >= 4 is 17.0 Å². The van der Waals surface area contributed by atoms with Crippen molar-refractivity contribution in [3.63, 3.8) is 0 Å². The van der Waals surface area contributed by atoms with Crippen molar-refractivity contribution in [3.05, 3.63) is 89.6 Å². The molecule has 0 unspecified atom stereocenters. The first-order chi connectivity index (χ1) is 20.4. The summed E-state index contributed by atoms with van der Waals surface area (Å²) in [6.07, 6.45) is 3.08. The van der Waals surface area contributed by atoms with Crippen LogP contribution in [0.5, 0.6) is 0 Å². The number of aryl methyl sites for hydroxylation is 1. The van der Waals surface area contributed by atoms with E-state index >= 15 is 0 Å². The molecule has 42 heavy (non-hydrogen) atoms. The van der Waals surface area contributed by atoms with Crippen LogP contribution in [0.2, 0.25) is 0 Å². The molecule has 1 saturated heterocycles. The number of hydroxylamine groups is 2. The Morgan fingerprint density at radius 1 is 1.14 bits per heavy atom. The Morgan fingerprint density at radius 2 is 1.98 bits per heavy atom. The summed E-state index contributed by atoms with van der Waals surface area (Å²) in [6, 6.07) is 14.7. The van der Waals surface area contributed by atoms with E-state index in [1.165, 1.54) is 12.3 Å². The predicted molar refractivity (Wildman–Crippen MR) is 152 cm³/mol. The summed E-state index contributed by atoms with van der Waals surface area (Å²) >= 11 is 0. The highest BCUT2D eigenvalue weighted by Gasteiger charge is 2.37. The number of rotatable bonds is 10. The quantitative estimate of drug-likeness (QED) is 0.215. The van der Waals surface area contributed by atoms with Crippen molar-refractivity contribution < 1.29 is 23.2 Å². The lowest BCUT2D eigenvalue weighted by Crippen LogP contribution is -2.24. The Labute approximate surface area is 242 Å². The zero-order chi connectivity index (χ0) is 29.2. The Bertz CT molecular complexity index is 1720. The van der Waals surface area contributed by atoms with Crippen LogP contribution in [0.4, 0.5) is 4.39 Å². The Kier molecular flexibility index (Phi) is 7.88. The molecule has 0 spiro atoms. The number of fused-ring (bicyclic) bond motifs is 1. The van der Waals surface area contributed by atoms with Crippen LogP contribution in [0.3, 0.4) is 0 Å². The molecule has 6 rings (SSSR count). The molecule has 0 saturated carbocycles. The predicted octanol–water partition coefficient (Wildman–Crippen LogP) is 4.98. The number of ketones is 1. The topological polar surface area (TPSA) is 108 Å². The highest BCUT2D eigenvalue weighted by atomic mass is 19.1. The normalized spacial score (nSPS) is 17.3. The van der Waals surface area contributed by atoms with Gasteiger partial charge < -0.3 is 9.15 Å². The van der Waals surface area contributed by atoms with Crippen LogP contribution in [0, 0.1) is 25.7 Å². The summed E-state index contributed by atoms with van der Waals surface area (Å²) in [5.74, 6) is -0.188. The maximum atomic E-state index is 14.0. The van der Waals surface area contributed by atoms with Gasteiger partial charge in [-0.15, -0.1) is 0 Å². The number of oxazole rings is 1. The number of benzene rings is 1. The van der Waals surface area contributed by atoms with Crippen LogP contribution in [0.1, 0.15) is 35.2 Å². The van der Waals surface area contributed by atoms with Crippen LogP contribution in [-0.4, -0.2) is 62.4 Å². The van der Waals surface area contributed by atoms with Gasteiger partial charge in [-0.25, -0.2) is 19.6 Å². The molecule has 0 bridgehead atoms. The van der Waals surface area contributed by atoms with Gasteiger partial charge in [-0.2, -0.15) is 14.6 Å². The molecule has 11 heteroatoms. The number of hydrogen-bond acceptors (Lipinski definition) is 9. The molecule has 10 nitrogen and oxygen atoms in total. The highest BCUT2D eigenvalue weighted by Crippen LogP contribution is 2.37. The molecule has 1 aliphatic rings. The molecule has 2 atom stereocenters. The largest absolute Gasteiger partial charge is 0.423 e. The zero-order valence-electron chi connectivity index (χ0n) is 23.7. The maximum Gasteiger partial charge on any atom is 0.246 e. The molecule has 5 heterocycles. The van der Waals surface area contributed by atoms with E-state index in [1.807, 2.05) is 48.0 Å². The van der Waals surface area contributed by atoms with Crippen molar-refractivity contribution in [1.29, 1.82) is 0 Å². The molecular formula is C31H31FN6O4. The monoisotopic (exact) mass is 570 g/mol. The van der Waals surface area contributed by atoms with Gasteiger partial charge in [-0.3, -0.25) is 9.63 Å². The van der Waals surface area contributed by atoms with Crippen LogP contribution in [0.15, 0.2) is 65.3 Å². The fraction of sp³-hybridized carbons (Fsp3) is 0.323. The average Bonchev–Trinajstić information content (AvgIpc) is 3.66. The molecule has 0 aliphatic carbocycles. The summed E-state index contributed by atoms with van der Waals surface area (Å²) in [7, 11) is 1.63. The molecule has 5 aromatic rings. The maximum absolute atomic E-state index is 14.0. The summed E-state index contributed by atoms with van der Waals surface area (Å²) in [4.78, 5) is 32.4. The summed E-state index contributed by atoms with van der Waals surface area (Å²) in [6.45, 7) is 5.29. The Balaban J connectivity index is 1.30. The number of carbonyl (C=O) groups is 1. The van der Waals surface area contributed by atoms with E-state index in [1.54, 1.807) is 31.4 Å². The smallest absolute Gasteiger partial charge is 0.246 e. The van der Waals surface area contributed by atoms with Crippen LogP contribution >= 0.6 is 0 Å². The molecule has 0 N–H and O–H groups in total. The standard InChI is InChI=1S/C31H31FN6O4/c1-19-27(16-25(39)13-23-18-37(11-12-40-3)42-30(23)21-9-10-33-28(32)15-21)38(24-7-5-4-6-8-24)36-29(19)22-14-26-31(34-17-22)41-20(2)35-26/h4-10,14-15,17,23,30H,11-13,16,18H2,1-3H3/t23-,30+/m1/s1. The minimum absolute atomic E-state index is 0.0316. The molecule has 4 aromatic heterocycles. The third kappa shape index (κ3) is 5.71. The van der Waals surface area contributed by atoms with Gasteiger partial charge in [-0.05, 0) is 48.4 Å². The lowest BCUT2D eigenvalue weighted by Gasteiger charge is -2.17. The molecular weight excluding hydrogens is 539 g/mol. The zero-order valence-corrected chi connectivity index (χ0v) is 23.7. The van der Waals surface area contributed by atoms with Crippen molar-refractivity contribution in [2.75, 3.05) is 26.8 Å². The summed E-state index contributed by atoms with van der Waals surface area (Å²) in [5, 5.41) is 6.73. The Hall–Kier alpha value is -4.32. The molecule has 1 aliphatic heterocycles. The fourth-order valence-corrected chi connectivity index (χ4v) is 5.49. The highest BCUT2D eigenvalue weighted by molar-refractivity contribution is 5.83. The average molecular weight is 571 g/mol. The van der Waals surface area contributed by atoms with E-state index in [-0.39, 0.29) is 24.5 Å². The Morgan fingerprint density at radius 3 is 2.76 bits per heavy atom. The number of Topliss-reactive ketones (excluding diaryl/α,β-unsaturated/α-hetero) is 1. The van der Waals surface area contributed by atoms with Gasteiger partial charge in [0.05, 0.1) is 23.7 Å². The van der Waals surface area contributed by atoms with E-state index in [2.05, 4.69) is 15.0 Å². The van der Waals surface area contributed by atoms with E-state index in [4.69, 9.17) is 19.1 Å². The summed E-state index contributed by atoms with van der Waals surface area (Å²) < 4.78 is 26.6. The van der Waals surface area contributed by atoms with Crippen molar-refractivity contribution in [2.45, 2.75) is 32.8 Å². The number of ether oxygens (including phenoxy) is 1. The fourth-order valence-electron chi connectivity index (χ4n) is 5.49. The van der Waals surface area contributed by atoms with Gasteiger partial charge in [0.1, 0.15) is 17.4 Å². The lowest BCUT2D eigenvalue weighted by molar-refractivity contribution is -0.155. The molecule has 216 valence electrons. The lowest BCUT2D eigenvalue weighted by atomic mass is 9.91.